The number of amides is 1. The highest BCUT2D eigenvalue weighted by atomic mass is 16.5. The number of hydrogen-bond donors (Lipinski definition) is 3. The lowest BCUT2D eigenvalue weighted by molar-refractivity contribution is -0.121. The summed E-state index contributed by atoms with van der Waals surface area (Å²) >= 11 is 0. The summed E-state index contributed by atoms with van der Waals surface area (Å²) in [5.41, 5.74) is 1.91. The molecule has 1 aromatic heterocycles. The first-order chi connectivity index (χ1) is 11.2. The molecule has 0 radical (unpaired) electrons. The van der Waals surface area contributed by atoms with Crippen molar-refractivity contribution in [3.8, 4) is 5.75 Å². The largest absolute Gasteiger partial charge is 0.496 e. The van der Waals surface area contributed by atoms with Crippen molar-refractivity contribution >= 4 is 16.8 Å². The third-order valence-corrected chi connectivity index (χ3v) is 4.81. The van der Waals surface area contributed by atoms with Crippen molar-refractivity contribution in [2.75, 3.05) is 13.7 Å². The Kier molecular flexibility index (Phi) is 4.86. The molecule has 2 unspecified atom stereocenters. The number of aliphatic hydroxyl groups excluding tert-OH is 1. The number of methoxy groups -OCH3 is 1. The molecule has 0 bridgehead atoms. The van der Waals surface area contributed by atoms with Crippen LogP contribution in [0.1, 0.15) is 31.2 Å². The van der Waals surface area contributed by atoms with Crippen molar-refractivity contribution in [3.05, 3.63) is 30.0 Å². The maximum Gasteiger partial charge on any atom is 0.224 e. The molecule has 0 saturated heterocycles. The first-order valence-electron chi connectivity index (χ1n) is 8.26. The molecule has 1 aromatic carbocycles. The second-order valence-corrected chi connectivity index (χ2v) is 6.27. The average Bonchev–Trinajstić information content (AvgIpc) is 2.98. The van der Waals surface area contributed by atoms with Crippen LogP contribution < -0.4 is 10.1 Å². The van der Waals surface area contributed by atoms with E-state index in [0.717, 1.165) is 47.9 Å². The lowest BCUT2D eigenvalue weighted by atomic mass is 9.85. The molecule has 1 amide bonds. The molecule has 1 aliphatic carbocycles. The van der Waals surface area contributed by atoms with Crippen molar-refractivity contribution in [3.63, 3.8) is 0 Å². The zero-order valence-electron chi connectivity index (χ0n) is 13.5. The second-order valence-electron chi connectivity index (χ2n) is 6.27. The third kappa shape index (κ3) is 3.34. The van der Waals surface area contributed by atoms with Crippen molar-refractivity contribution in [2.45, 2.75) is 38.1 Å². The quantitative estimate of drug-likeness (QED) is 0.793. The molecule has 1 saturated carbocycles. The SMILES string of the molecule is COc1cccc2[nH]cc(CC(=O)NC3CCCCC3CO)c12. The Morgan fingerprint density at radius 3 is 3.00 bits per heavy atom. The maximum atomic E-state index is 12.4. The molecule has 124 valence electrons. The van der Waals surface area contributed by atoms with Crippen LogP contribution in [0.5, 0.6) is 5.75 Å². The highest BCUT2D eigenvalue weighted by Gasteiger charge is 2.26. The van der Waals surface area contributed by atoms with Gasteiger partial charge in [-0.3, -0.25) is 4.79 Å². The summed E-state index contributed by atoms with van der Waals surface area (Å²) in [7, 11) is 1.64. The number of aromatic nitrogens is 1. The van der Waals surface area contributed by atoms with Gasteiger partial charge in [-0.1, -0.05) is 18.9 Å². The Morgan fingerprint density at radius 1 is 1.39 bits per heavy atom. The van der Waals surface area contributed by atoms with Gasteiger partial charge in [0.1, 0.15) is 5.75 Å². The highest BCUT2D eigenvalue weighted by molar-refractivity contribution is 5.93. The number of carbonyl (C=O) groups is 1. The summed E-state index contributed by atoms with van der Waals surface area (Å²) in [6, 6.07) is 5.89. The number of ether oxygens (including phenoxy) is 1. The minimum atomic E-state index is 0.00200. The van der Waals surface area contributed by atoms with Gasteiger partial charge in [0.2, 0.25) is 5.91 Å². The van der Waals surface area contributed by atoms with Crippen molar-refractivity contribution in [1.82, 2.24) is 10.3 Å². The average molecular weight is 316 g/mol. The second kappa shape index (κ2) is 7.04. The Bertz CT molecular complexity index is 680. The van der Waals surface area contributed by atoms with Gasteiger partial charge < -0.3 is 20.1 Å². The van der Waals surface area contributed by atoms with E-state index in [2.05, 4.69) is 10.3 Å². The van der Waals surface area contributed by atoms with Gasteiger partial charge >= 0.3 is 0 Å². The van der Waals surface area contributed by atoms with Crippen LogP contribution in [0.3, 0.4) is 0 Å². The van der Waals surface area contributed by atoms with Crippen LogP contribution in [0.4, 0.5) is 0 Å². The molecule has 5 nitrogen and oxygen atoms in total. The van der Waals surface area contributed by atoms with E-state index in [1.54, 1.807) is 7.11 Å². The molecule has 23 heavy (non-hydrogen) atoms. The fourth-order valence-electron chi connectivity index (χ4n) is 3.58. The number of rotatable bonds is 5. The number of hydrogen-bond acceptors (Lipinski definition) is 3. The zero-order valence-corrected chi connectivity index (χ0v) is 13.5. The van der Waals surface area contributed by atoms with E-state index in [0.29, 0.717) is 6.42 Å². The Morgan fingerprint density at radius 2 is 2.22 bits per heavy atom. The van der Waals surface area contributed by atoms with E-state index in [9.17, 15) is 9.90 Å². The van der Waals surface area contributed by atoms with Crippen LogP contribution in [0, 0.1) is 5.92 Å². The molecule has 1 heterocycles. The standard InChI is InChI=1S/C18H24N2O3/c1-23-16-8-4-7-15-18(16)13(10-19-15)9-17(22)20-14-6-3-2-5-12(14)11-21/h4,7-8,10,12,14,19,21H,2-3,5-6,9,11H2,1H3,(H,20,22). The number of benzene rings is 1. The van der Waals surface area contributed by atoms with Crippen LogP contribution in [-0.2, 0) is 11.2 Å². The van der Waals surface area contributed by atoms with Gasteiger partial charge in [0, 0.05) is 35.7 Å². The third-order valence-electron chi connectivity index (χ3n) is 4.81. The van der Waals surface area contributed by atoms with Crippen molar-refractivity contribution < 1.29 is 14.6 Å². The summed E-state index contributed by atoms with van der Waals surface area (Å²) in [6.45, 7) is 0.145. The van der Waals surface area contributed by atoms with E-state index in [1.165, 1.54) is 0 Å². The predicted molar refractivity (Wildman–Crippen MR) is 89.5 cm³/mol. The molecule has 1 fully saturated rings. The molecule has 0 aliphatic heterocycles. The van der Waals surface area contributed by atoms with Crippen LogP contribution in [-0.4, -0.2) is 35.8 Å². The number of aromatic amines is 1. The minimum Gasteiger partial charge on any atom is -0.496 e. The summed E-state index contributed by atoms with van der Waals surface area (Å²) in [4.78, 5) is 15.6. The number of fused-ring (bicyclic) bond motifs is 1. The van der Waals surface area contributed by atoms with Gasteiger partial charge in [-0.05, 0) is 30.5 Å². The molecule has 2 atom stereocenters. The Labute approximate surface area is 136 Å². The van der Waals surface area contributed by atoms with Crippen molar-refractivity contribution in [1.29, 1.82) is 0 Å². The number of carbonyl (C=O) groups excluding carboxylic acids is 1. The molecule has 3 rings (SSSR count). The van der Waals surface area contributed by atoms with Gasteiger partial charge in [0.25, 0.3) is 0 Å². The summed E-state index contributed by atoms with van der Waals surface area (Å²) < 4.78 is 5.41. The van der Waals surface area contributed by atoms with Gasteiger partial charge in [-0.2, -0.15) is 0 Å². The fraction of sp³-hybridized carbons (Fsp3) is 0.500. The van der Waals surface area contributed by atoms with Crippen LogP contribution in [0.25, 0.3) is 10.9 Å². The van der Waals surface area contributed by atoms with Crippen LogP contribution in [0.15, 0.2) is 24.4 Å². The van der Waals surface area contributed by atoms with E-state index >= 15 is 0 Å². The van der Waals surface area contributed by atoms with E-state index < -0.39 is 0 Å². The molecule has 1 aliphatic rings. The summed E-state index contributed by atoms with van der Waals surface area (Å²) in [5, 5.41) is 13.5. The molecular formula is C18H24N2O3. The van der Waals surface area contributed by atoms with Crippen LogP contribution >= 0.6 is 0 Å². The summed E-state index contributed by atoms with van der Waals surface area (Å²) in [6.07, 6.45) is 6.38. The van der Waals surface area contributed by atoms with Gasteiger partial charge in [-0.25, -0.2) is 0 Å². The smallest absolute Gasteiger partial charge is 0.224 e. The van der Waals surface area contributed by atoms with E-state index in [-0.39, 0.29) is 24.5 Å². The Hall–Kier alpha value is -2.01. The predicted octanol–water partition coefficient (Wildman–Crippen LogP) is 2.39. The summed E-state index contributed by atoms with van der Waals surface area (Å²) in [5.74, 6) is 0.963. The van der Waals surface area contributed by atoms with Gasteiger partial charge in [0.15, 0.2) is 0 Å². The van der Waals surface area contributed by atoms with Crippen LogP contribution in [0.2, 0.25) is 0 Å². The lowest BCUT2D eigenvalue weighted by Gasteiger charge is -2.30. The zero-order chi connectivity index (χ0) is 16.2. The van der Waals surface area contributed by atoms with E-state index in [4.69, 9.17) is 4.74 Å². The highest BCUT2D eigenvalue weighted by Crippen LogP contribution is 2.29. The molecule has 3 N–H and O–H groups in total. The molecule has 0 spiro atoms. The number of nitrogens with one attached hydrogen (secondary N) is 2. The maximum absolute atomic E-state index is 12.4. The minimum absolute atomic E-state index is 0.00200. The van der Waals surface area contributed by atoms with Gasteiger partial charge in [0.05, 0.1) is 13.5 Å². The van der Waals surface area contributed by atoms with Crippen molar-refractivity contribution in [2.24, 2.45) is 5.92 Å². The first kappa shape index (κ1) is 15.9. The van der Waals surface area contributed by atoms with Gasteiger partial charge in [-0.15, -0.1) is 0 Å². The molecule has 2 aromatic rings. The Balaban J connectivity index is 1.73. The molecular weight excluding hydrogens is 292 g/mol. The van der Waals surface area contributed by atoms with E-state index in [1.807, 2.05) is 24.4 Å². The molecule has 5 heteroatoms. The lowest BCUT2D eigenvalue weighted by Crippen LogP contribution is -2.44. The normalized spacial score (nSPS) is 21.3. The number of H-pyrrole nitrogens is 1. The first-order valence-corrected chi connectivity index (χ1v) is 8.26. The topological polar surface area (TPSA) is 74.4 Å². The monoisotopic (exact) mass is 316 g/mol. The fourth-order valence-corrected chi connectivity index (χ4v) is 3.58. The number of aliphatic hydroxyl groups is 1.